The summed E-state index contributed by atoms with van der Waals surface area (Å²) < 4.78 is 10.8. The molecular formula is C27H23NO6. The molecule has 0 aromatic heterocycles. The highest BCUT2D eigenvalue weighted by atomic mass is 16.6. The largest absolute Gasteiger partial charge is 0.462 e. The van der Waals surface area contributed by atoms with Crippen LogP contribution in [0.4, 0.5) is 0 Å². The topological polar surface area (TPSA) is 90.0 Å². The molecule has 3 aromatic rings. The summed E-state index contributed by atoms with van der Waals surface area (Å²) in [5.41, 5.74) is 0.533. The summed E-state index contributed by atoms with van der Waals surface area (Å²) in [6, 6.07) is 19.6. The molecule has 1 fully saturated rings. The van der Waals surface area contributed by atoms with E-state index in [0.717, 1.165) is 15.7 Å². The van der Waals surface area contributed by atoms with Gasteiger partial charge in [0.25, 0.3) is 11.8 Å². The zero-order chi connectivity index (χ0) is 24.0. The second-order valence-corrected chi connectivity index (χ2v) is 9.30. The molecule has 2 atom stereocenters. The average molecular weight is 457 g/mol. The molecule has 0 aliphatic carbocycles. The van der Waals surface area contributed by atoms with Gasteiger partial charge in [-0.25, -0.2) is 4.79 Å². The van der Waals surface area contributed by atoms with Crippen molar-refractivity contribution in [2.75, 3.05) is 13.2 Å². The van der Waals surface area contributed by atoms with Crippen LogP contribution in [0.2, 0.25) is 0 Å². The molecule has 0 N–H and O–H groups in total. The van der Waals surface area contributed by atoms with Gasteiger partial charge in [0.1, 0.15) is 12.5 Å². The van der Waals surface area contributed by atoms with Gasteiger partial charge in [0.2, 0.25) is 6.10 Å². The van der Waals surface area contributed by atoms with Crippen molar-refractivity contribution < 1.29 is 28.7 Å². The highest BCUT2D eigenvalue weighted by Gasteiger charge is 2.48. The van der Waals surface area contributed by atoms with Gasteiger partial charge in [0, 0.05) is 12.0 Å². The molecule has 0 unspecified atom stereocenters. The number of hydrogen-bond acceptors (Lipinski definition) is 6. The summed E-state index contributed by atoms with van der Waals surface area (Å²) in [5, 5.41) is 1.71. The minimum atomic E-state index is -1.07. The van der Waals surface area contributed by atoms with Crippen molar-refractivity contribution in [1.82, 2.24) is 4.90 Å². The quantitative estimate of drug-likeness (QED) is 0.429. The van der Waals surface area contributed by atoms with Crippen LogP contribution in [0.15, 0.2) is 66.7 Å². The van der Waals surface area contributed by atoms with E-state index in [2.05, 4.69) is 0 Å². The number of nitrogens with zero attached hydrogens (tertiary/aromatic N) is 1. The first kappa shape index (κ1) is 21.8. The first-order chi connectivity index (χ1) is 16.3. The SMILES string of the molecule is CC1(C)COC(=O)[C@@H]1OC(=O)[C@H](CN1C(=O)c2ccccc2C1=O)c1cccc2ccccc12. The van der Waals surface area contributed by atoms with E-state index in [1.54, 1.807) is 44.2 Å². The molecule has 3 aromatic carbocycles. The monoisotopic (exact) mass is 457 g/mol. The molecule has 2 aliphatic rings. The molecule has 0 spiro atoms. The Bertz CT molecular complexity index is 1300. The summed E-state index contributed by atoms with van der Waals surface area (Å²) >= 11 is 0. The third-order valence-electron chi connectivity index (χ3n) is 6.47. The smallest absolute Gasteiger partial charge is 0.348 e. The molecule has 7 heteroatoms. The first-order valence-electron chi connectivity index (χ1n) is 11.1. The zero-order valence-corrected chi connectivity index (χ0v) is 18.8. The van der Waals surface area contributed by atoms with Crippen molar-refractivity contribution in [3.05, 3.63) is 83.4 Å². The number of carbonyl (C=O) groups is 4. The lowest BCUT2D eigenvalue weighted by Gasteiger charge is -2.27. The maximum atomic E-state index is 13.6. The predicted octanol–water partition coefficient (Wildman–Crippen LogP) is 3.71. The molecule has 1 saturated heterocycles. The van der Waals surface area contributed by atoms with Gasteiger partial charge in [-0.1, -0.05) is 68.4 Å². The van der Waals surface area contributed by atoms with Crippen LogP contribution < -0.4 is 0 Å². The molecule has 0 radical (unpaired) electrons. The molecule has 7 nitrogen and oxygen atoms in total. The van der Waals surface area contributed by atoms with Crippen LogP contribution in [0.3, 0.4) is 0 Å². The number of amides is 2. The van der Waals surface area contributed by atoms with E-state index >= 15 is 0 Å². The average Bonchev–Trinajstić information content (AvgIpc) is 3.24. The second-order valence-electron chi connectivity index (χ2n) is 9.30. The third-order valence-corrected chi connectivity index (χ3v) is 6.47. The lowest BCUT2D eigenvalue weighted by Crippen LogP contribution is -2.40. The molecule has 0 saturated carbocycles. The van der Waals surface area contributed by atoms with Gasteiger partial charge in [-0.3, -0.25) is 19.3 Å². The molecule has 172 valence electrons. The Balaban J connectivity index is 1.54. The first-order valence-corrected chi connectivity index (χ1v) is 11.1. The lowest BCUT2D eigenvalue weighted by atomic mass is 9.89. The minimum absolute atomic E-state index is 0.140. The Morgan fingerprint density at radius 2 is 1.59 bits per heavy atom. The molecule has 5 rings (SSSR count). The van der Waals surface area contributed by atoms with Crippen LogP contribution in [0, 0.1) is 5.41 Å². The summed E-state index contributed by atoms with van der Waals surface area (Å²) in [4.78, 5) is 53.0. The summed E-state index contributed by atoms with van der Waals surface area (Å²) in [5.74, 6) is -3.20. The summed E-state index contributed by atoms with van der Waals surface area (Å²) in [6.45, 7) is 3.50. The number of fused-ring (bicyclic) bond motifs is 2. The highest BCUT2D eigenvalue weighted by Crippen LogP contribution is 2.35. The number of benzene rings is 3. The van der Waals surface area contributed by atoms with Crippen molar-refractivity contribution in [1.29, 1.82) is 0 Å². The van der Waals surface area contributed by atoms with Crippen molar-refractivity contribution in [2.24, 2.45) is 5.41 Å². The van der Waals surface area contributed by atoms with E-state index in [1.165, 1.54) is 0 Å². The maximum absolute atomic E-state index is 13.6. The van der Waals surface area contributed by atoms with Crippen molar-refractivity contribution >= 4 is 34.5 Å². The number of esters is 2. The standard InChI is InChI=1S/C27H23NO6/c1-27(2)15-33-26(32)22(27)34-25(31)21(18-13-7-9-16-8-3-4-10-17(16)18)14-28-23(29)19-11-5-6-12-20(19)24(28)30/h3-13,21-22H,14-15H2,1-2H3/t21-,22+/m1/s1. The number of ether oxygens (including phenoxy) is 2. The van der Waals surface area contributed by atoms with Gasteiger partial charge in [-0.05, 0) is 28.5 Å². The van der Waals surface area contributed by atoms with E-state index in [-0.39, 0.29) is 13.2 Å². The van der Waals surface area contributed by atoms with E-state index in [9.17, 15) is 19.2 Å². The van der Waals surface area contributed by atoms with Gasteiger partial charge in [-0.15, -0.1) is 0 Å². The van der Waals surface area contributed by atoms with E-state index in [4.69, 9.17) is 9.47 Å². The van der Waals surface area contributed by atoms with Crippen molar-refractivity contribution in [3.63, 3.8) is 0 Å². The number of imide groups is 1. The molecule has 2 heterocycles. The third kappa shape index (κ3) is 3.53. The van der Waals surface area contributed by atoms with Crippen molar-refractivity contribution in [2.45, 2.75) is 25.9 Å². The number of carbonyl (C=O) groups excluding carboxylic acids is 4. The van der Waals surface area contributed by atoms with Gasteiger partial charge in [0.15, 0.2) is 0 Å². The molecule has 34 heavy (non-hydrogen) atoms. The maximum Gasteiger partial charge on any atom is 0.348 e. The summed E-state index contributed by atoms with van der Waals surface area (Å²) in [6.07, 6.45) is -1.07. The fourth-order valence-corrected chi connectivity index (χ4v) is 4.58. The normalized spacial score (nSPS) is 19.8. The Hall–Kier alpha value is -4.00. The van der Waals surface area contributed by atoms with Gasteiger partial charge < -0.3 is 9.47 Å². The van der Waals surface area contributed by atoms with Gasteiger partial charge >= 0.3 is 11.9 Å². The Kier molecular flexibility index (Phi) is 5.20. The Morgan fingerprint density at radius 3 is 2.24 bits per heavy atom. The van der Waals surface area contributed by atoms with Crippen LogP contribution in [0.5, 0.6) is 0 Å². The van der Waals surface area contributed by atoms with Crippen LogP contribution in [0.1, 0.15) is 46.0 Å². The number of rotatable bonds is 5. The summed E-state index contributed by atoms with van der Waals surface area (Å²) in [7, 11) is 0. The Labute approximate surface area is 196 Å². The minimum Gasteiger partial charge on any atom is -0.462 e. The van der Waals surface area contributed by atoms with E-state index in [0.29, 0.717) is 16.7 Å². The van der Waals surface area contributed by atoms with Crippen LogP contribution in [-0.4, -0.2) is 47.9 Å². The highest BCUT2D eigenvalue weighted by molar-refractivity contribution is 6.21. The zero-order valence-electron chi connectivity index (χ0n) is 18.8. The second kappa shape index (κ2) is 8.09. The van der Waals surface area contributed by atoms with Gasteiger partial charge in [-0.2, -0.15) is 0 Å². The predicted molar refractivity (Wildman–Crippen MR) is 123 cm³/mol. The lowest BCUT2D eigenvalue weighted by molar-refractivity contribution is -0.164. The van der Waals surface area contributed by atoms with Crippen molar-refractivity contribution in [3.8, 4) is 0 Å². The number of hydrogen-bond donors (Lipinski definition) is 0. The van der Waals surface area contributed by atoms with E-state index in [1.807, 2.05) is 36.4 Å². The molecule has 2 aliphatic heterocycles. The molecule has 2 amide bonds. The molecule has 0 bridgehead atoms. The fourth-order valence-electron chi connectivity index (χ4n) is 4.58. The van der Waals surface area contributed by atoms with Crippen LogP contribution >= 0.6 is 0 Å². The van der Waals surface area contributed by atoms with Gasteiger partial charge in [0.05, 0.1) is 11.1 Å². The Morgan fingerprint density at radius 1 is 0.971 bits per heavy atom. The van der Waals surface area contributed by atoms with E-state index < -0.39 is 41.2 Å². The molecular weight excluding hydrogens is 434 g/mol. The number of cyclic esters (lactones) is 1. The van der Waals surface area contributed by atoms with Crippen LogP contribution in [-0.2, 0) is 19.1 Å². The fraction of sp³-hybridized carbons (Fsp3) is 0.259. The van der Waals surface area contributed by atoms with Crippen LogP contribution in [0.25, 0.3) is 10.8 Å².